The monoisotopic (exact) mass is 198 g/mol. The second kappa shape index (κ2) is 3.90. The number of rotatable bonds is 4. The van der Waals surface area contributed by atoms with Crippen LogP contribution >= 0.6 is 0 Å². The van der Waals surface area contributed by atoms with Gasteiger partial charge in [-0.25, -0.2) is 0 Å². The molecular formula is C10H14O4. The van der Waals surface area contributed by atoms with Gasteiger partial charge in [0.2, 0.25) is 0 Å². The van der Waals surface area contributed by atoms with Crippen LogP contribution in [0.15, 0.2) is 0 Å². The molecular weight excluding hydrogens is 184 g/mol. The highest BCUT2D eigenvalue weighted by Gasteiger charge is 2.45. The number of ketones is 1. The summed E-state index contributed by atoms with van der Waals surface area (Å²) in [6, 6.07) is 0. The minimum absolute atomic E-state index is 0.0286. The molecule has 4 heteroatoms. The Morgan fingerprint density at radius 2 is 2.36 bits per heavy atom. The van der Waals surface area contributed by atoms with Crippen molar-refractivity contribution in [2.45, 2.75) is 32.6 Å². The Bertz CT molecular complexity index is 271. The first-order valence-electron chi connectivity index (χ1n) is 4.68. The third-order valence-corrected chi connectivity index (χ3v) is 3.06. The molecule has 0 bridgehead atoms. The van der Waals surface area contributed by atoms with Crippen LogP contribution in [0.4, 0.5) is 0 Å². The first-order chi connectivity index (χ1) is 6.49. The lowest BCUT2D eigenvalue weighted by Gasteiger charge is -2.27. The van der Waals surface area contributed by atoms with Gasteiger partial charge in [-0.05, 0) is 11.8 Å². The summed E-state index contributed by atoms with van der Waals surface area (Å²) < 4.78 is 0. The van der Waals surface area contributed by atoms with Crippen molar-refractivity contribution in [1.29, 1.82) is 0 Å². The van der Waals surface area contributed by atoms with Crippen LogP contribution in [0.1, 0.15) is 32.6 Å². The number of hydrogen-bond acceptors (Lipinski definition) is 3. The zero-order valence-electron chi connectivity index (χ0n) is 8.16. The van der Waals surface area contributed by atoms with Crippen LogP contribution in [0.2, 0.25) is 0 Å². The minimum atomic E-state index is -0.905. The molecule has 0 spiro atoms. The molecule has 0 amide bonds. The predicted octanol–water partition coefficient (Wildman–Crippen LogP) is 1.04. The first-order valence-corrected chi connectivity index (χ1v) is 4.68. The maximum atomic E-state index is 11.4. The topological polar surface area (TPSA) is 71.4 Å². The molecule has 1 unspecified atom stereocenters. The van der Waals surface area contributed by atoms with Gasteiger partial charge in [-0.3, -0.25) is 9.59 Å². The zero-order valence-corrected chi connectivity index (χ0v) is 8.16. The molecule has 1 fully saturated rings. The van der Waals surface area contributed by atoms with E-state index in [0.29, 0.717) is 19.1 Å². The third kappa shape index (κ3) is 2.00. The number of aliphatic carboxylic acids is 1. The molecule has 1 saturated carbocycles. The summed E-state index contributed by atoms with van der Waals surface area (Å²) in [7, 11) is 0. The fraction of sp³-hybridized carbons (Fsp3) is 0.700. The summed E-state index contributed by atoms with van der Waals surface area (Å²) in [5.74, 6) is -1.27. The molecule has 0 aromatic rings. The van der Waals surface area contributed by atoms with Crippen molar-refractivity contribution in [2.75, 3.05) is 0 Å². The summed E-state index contributed by atoms with van der Waals surface area (Å²) in [5, 5.41) is 8.71. The van der Waals surface area contributed by atoms with E-state index in [4.69, 9.17) is 5.11 Å². The highest BCUT2D eigenvalue weighted by molar-refractivity contribution is 5.87. The maximum Gasteiger partial charge on any atom is 0.303 e. The average Bonchev–Trinajstić information content (AvgIpc) is 2.32. The number of carboxylic acids is 1. The molecule has 0 heterocycles. The van der Waals surface area contributed by atoms with Gasteiger partial charge in [-0.15, -0.1) is 0 Å². The summed E-state index contributed by atoms with van der Waals surface area (Å²) in [6.07, 6.45) is 1.81. The lowest BCUT2D eigenvalue weighted by Crippen LogP contribution is -2.28. The molecule has 0 aromatic carbocycles. The van der Waals surface area contributed by atoms with Gasteiger partial charge >= 0.3 is 5.97 Å². The molecule has 1 N–H and O–H groups in total. The van der Waals surface area contributed by atoms with Gasteiger partial charge in [0, 0.05) is 18.8 Å². The Balaban J connectivity index is 2.80. The normalized spacial score (nSPS) is 31.8. The lowest BCUT2D eigenvalue weighted by molar-refractivity contribution is -0.140. The highest BCUT2D eigenvalue weighted by atomic mass is 16.4. The fourth-order valence-corrected chi connectivity index (χ4v) is 2.22. The molecule has 1 aliphatic rings. The van der Waals surface area contributed by atoms with Crippen molar-refractivity contribution < 1.29 is 19.5 Å². The smallest absolute Gasteiger partial charge is 0.303 e. The second-order valence-electron chi connectivity index (χ2n) is 4.15. The third-order valence-electron chi connectivity index (χ3n) is 3.06. The number of aldehydes is 1. The van der Waals surface area contributed by atoms with E-state index < -0.39 is 17.3 Å². The van der Waals surface area contributed by atoms with Gasteiger partial charge in [-0.1, -0.05) is 6.92 Å². The minimum Gasteiger partial charge on any atom is -0.481 e. The molecule has 2 atom stereocenters. The van der Waals surface area contributed by atoms with Gasteiger partial charge in [0.25, 0.3) is 0 Å². The van der Waals surface area contributed by atoms with E-state index in [0.717, 1.165) is 0 Å². The molecule has 0 aliphatic heterocycles. The van der Waals surface area contributed by atoms with Gasteiger partial charge in [-0.2, -0.15) is 0 Å². The fourth-order valence-electron chi connectivity index (χ4n) is 2.22. The Labute approximate surface area is 82.3 Å². The van der Waals surface area contributed by atoms with Crippen molar-refractivity contribution >= 4 is 18.0 Å². The van der Waals surface area contributed by atoms with Crippen LogP contribution in [0, 0.1) is 11.3 Å². The summed E-state index contributed by atoms with van der Waals surface area (Å²) in [5.41, 5.74) is -0.524. The van der Waals surface area contributed by atoms with E-state index in [1.165, 1.54) is 0 Å². The standard InChI is InChI=1S/C10H14O4/c1-10(6-9(13)14)4-2-8(12)7(10)3-5-11/h5,7H,2-4,6H2,1H3,(H,13,14)/t7?,10-/m1/s1. The Morgan fingerprint density at radius 3 is 2.86 bits per heavy atom. The van der Waals surface area contributed by atoms with Crippen molar-refractivity contribution in [1.82, 2.24) is 0 Å². The van der Waals surface area contributed by atoms with E-state index in [1.807, 2.05) is 0 Å². The van der Waals surface area contributed by atoms with Gasteiger partial charge in [0.1, 0.15) is 12.1 Å². The SMILES string of the molecule is C[C@]1(CC(=O)O)CCC(=O)C1CC=O. The number of carbonyl (C=O) groups excluding carboxylic acids is 2. The Kier molecular flexibility index (Phi) is 3.03. The van der Waals surface area contributed by atoms with E-state index in [9.17, 15) is 14.4 Å². The summed E-state index contributed by atoms with van der Waals surface area (Å²) in [6.45, 7) is 1.78. The van der Waals surface area contributed by atoms with E-state index in [1.54, 1.807) is 6.92 Å². The van der Waals surface area contributed by atoms with Gasteiger partial charge in [0.05, 0.1) is 6.42 Å². The summed E-state index contributed by atoms with van der Waals surface area (Å²) in [4.78, 5) is 32.4. The molecule has 1 rings (SSSR count). The van der Waals surface area contributed by atoms with Gasteiger partial charge < -0.3 is 9.90 Å². The van der Waals surface area contributed by atoms with E-state index in [-0.39, 0.29) is 18.6 Å². The largest absolute Gasteiger partial charge is 0.481 e. The number of hydrogen-bond donors (Lipinski definition) is 1. The predicted molar refractivity (Wildman–Crippen MR) is 48.8 cm³/mol. The number of Topliss-reactive ketones (excluding diaryl/α,β-unsaturated/α-hetero) is 1. The molecule has 4 nitrogen and oxygen atoms in total. The van der Waals surface area contributed by atoms with E-state index in [2.05, 4.69) is 0 Å². The Morgan fingerprint density at radius 1 is 1.71 bits per heavy atom. The van der Waals surface area contributed by atoms with Crippen molar-refractivity contribution in [3.8, 4) is 0 Å². The summed E-state index contributed by atoms with van der Waals surface area (Å²) >= 11 is 0. The van der Waals surface area contributed by atoms with Crippen LogP contribution in [0.25, 0.3) is 0 Å². The molecule has 78 valence electrons. The maximum absolute atomic E-state index is 11.4. The van der Waals surface area contributed by atoms with Crippen LogP contribution < -0.4 is 0 Å². The second-order valence-corrected chi connectivity index (χ2v) is 4.15. The van der Waals surface area contributed by atoms with Crippen LogP contribution in [0.3, 0.4) is 0 Å². The average molecular weight is 198 g/mol. The quantitative estimate of drug-likeness (QED) is 0.685. The molecule has 1 aliphatic carbocycles. The van der Waals surface area contributed by atoms with E-state index >= 15 is 0 Å². The molecule has 14 heavy (non-hydrogen) atoms. The lowest BCUT2D eigenvalue weighted by atomic mass is 9.75. The molecule has 0 saturated heterocycles. The zero-order chi connectivity index (χ0) is 10.8. The molecule has 0 aromatic heterocycles. The Hall–Kier alpha value is -1.19. The number of carbonyl (C=O) groups is 3. The molecule has 0 radical (unpaired) electrons. The van der Waals surface area contributed by atoms with Crippen molar-refractivity contribution in [3.05, 3.63) is 0 Å². The van der Waals surface area contributed by atoms with Gasteiger partial charge in [0.15, 0.2) is 0 Å². The van der Waals surface area contributed by atoms with Crippen LogP contribution in [-0.2, 0) is 14.4 Å². The number of carboxylic acid groups (broad SMARTS) is 1. The first kappa shape index (κ1) is 10.9. The van der Waals surface area contributed by atoms with Crippen molar-refractivity contribution in [2.24, 2.45) is 11.3 Å². The van der Waals surface area contributed by atoms with Crippen molar-refractivity contribution in [3.63, 3.8) is 0 Å². The highest BCUT2D eigenvalue weighted by Crippen LogP contribution is 2.44. The van der Waals surface area contributed by atoms with Crippen LogP contribution in [-0.4, -0.2) is 23.1 Å². The van der Waals surface area contributed by atoms with Crippen LogP contribution in [0.5, 0.6) is 0 Å².